The summed E-state index contributed by atoms with van der Waals surface area (Å²) in [5.74, 6) is 0.595. The van der Waals surface area contributed by atoms with Crippen LogP contribution in [0.15, 0.2) is 30.3 Å². The zero-order valence-corrected chi connectivity index (χ0v) is 11.6. The van der Waals surface area contributed by atoms with E-state index in [1.807, 2.05) is 24.3 Å². The highest BCUT2D eigenvalue weighted by Gasteiger charge is 2.06. The molecule has 0 fully saturated rings. The van der Waals surface area contributed by atoms with Gasteiger partial charge in [0.15, 0.2) is 5.82 Å². The number of rotatable bonds is 5. The van der Waals surface area contributed by atoms with Gasteiger partial charge in [0, 0.05) is 19.8 Å². The summed E-state index contributed by atoms with van der Waals surface area (Å²) in [7, 11) is 3.29. The minimum Gasteiger partial charge on any atom is -0.380 e. The second kappa shape index (κ2) is 6.61. The molecule has 1 heterocycles. The van der Waals surface area contributed by atoms with Crippen LogP contribution in [0.3, 0.4) is 0 Å². The highest BCUT2D eigenvalue weighted by Crippen LogP contribution is 2.20. The van der Waals surface area contributed by atoms with E-state index in [1.54, 1.807) is 20.3 Å². The molecule has 1 aromatic heterocycles. The molecule has 5 heteroatoms. The number of aromatic nitrogens is 2. The van der Waals surface area contributed by atoms with E-state index in [1.165, 1.54) is 0 Å². The van der Waals surface area contributed by atoms with Gasteiger partial charge in [0.25, 0.3) is 0 Å². The predicted molar refractivity (Wildman–Crippen MR) is 73.9 cm³/mol. The number of ether oxygens (including phenoxy) is 2. The number of benzene rings is 1. The Morgan fingerprint density at radius 2 is 1.84 bits per heavy atom. The lowest BCUT2D eigenvalue weighted by Gasteiger charge is -2.06. The SMILES string of the molecule is COCc1cccc(-c2nc(Cl)cc(COC)n2)c1. The van der Waals surface area contributed by atoms with Crippen LogP contribution in [0.25, 0.3) is 11.4 Å². The Morgan fingerprint density at radius 1 is 1.05 bits per heavy atom. The van der Waals surface area contributed by atoms with E-state index in [9.17, 15) is 0 Å². The molecule has 0 aliphatic carbocycles. The molecule has 0 saturated carbocycles. The molecule has 0 amide bonds. The molecular formula is C14H15ClN2O2. The molecule has 0 unspecified atom stereocenters. The fourth-order valence-corrected chi connectivity index (χ4v) is 1.99. The lowest BCUT2D eigenvalue weighted by molar-refractivity contribution is 0.181. The summed E-state index contributed by atoms with van der Waals surface area (Å²) < 4.78 is 10.2. The topological polar surface area (TPSA) is 44.2 Å². The van der Waals surface area contributed by atoms with Gasteiger partial charge in [0.05, 0.1) is 18.9 Å². The molecule has 1 aromatic carbocycles. The van der Waals surface area contributed by atoms with E-state index >= 15 is 0 Å². The van der Waals surface area contributed by atoms with Gasteiger partial charge >= 0.3 is 0 Å². The van der Waals surface area contributed by atoms with Crippen molar-refractivity contribution in [2.75, 3.05) is 14.2 Å². The molecule has 0 aliphatic rings. The maximum Gasteiger partial charge on any atom is 0.161 e. The van der Waals surface area contributed by atoms with E-state index in [2.05, 4.69) is 9.97 Å². The van der Waals surface area contributed by atoms with Crippen molar-refractivity contribution < 1.29 is 9.47 Å². The molecule has 19 heavy (non-hydrogen) atoms. The van der Waals surface area contributed by atoms with Crippen LogP contribution in [0.2, 0.25) is 5.15 Å². The predicted octanol–water partition coefficient (Wildman–Crippen LogP) is 3.09. The van der Waals surface area contributed by atoms with Crippen LogP contribution in [0.1, 0.15) is 11.3 Å². The van der Waals surface area contributed by atoms with Crippen LogP contribution in [0, 0.1) is 0 Å². The first-order chi connectivity index (χ1) is 9.22. The van der Waals surface area contributed by atoms with Gasteiger partial charge in [0.2, 0.25) is 0 Å². The summed E-state index contributed by atoms with van der Waals surface area (Å²) in [5, 5.41) is 0.411. The third kappa shape index (κ3) is 3.73. The molecular weight excluding hydrogens is 264 g/mol. The summed E-state index contributed by atoms with van der Waals surface area (Å²) in [6.07, 6.45) is 0. The minimum absolute atomic E-state index is 0.410. The monoisotopic (exact) mass is 278 g/mol. The first-order valence-electron chi connectivity index (χ1n) is 5.83. The molecule has 0 N–H and O–H groups in total. The molecule has 0 spiro atoms. The van der Waals surface area contributed by atoms with Crippen molar-refractivity contribution in [2.45, 2.75) is 13.2 Å². The maximum absolute atomic E-state index is 6.01. The van der Waals surface area contributed by atoms with Gasteiger partial charge in [0.1, 0.15) is 5.15 Å². The average Bonchev–Trinajstić information content (AvgIpc) is 2.39. The van der Waals surface area contributed by atoms with Gasteiger partial charge in [-0.2, -0.15) is 0 Å². The highest BCUT2D eigenvalue weighted by molar-refractivity contribution is 6.29. The van der Waals surface area contributed by atoms with Gasteiger partial charge in [-0.3, -0.25) is 0 Å². The molecule has 0 atom stereocenters. The van der Waals surface area contributed by atoms with Crippen molar-refractivity contribution in [1.29, 1.82) is 0 Å². The Morgan fingerprint density at radius 3 is 2.58 bits per heavy atom. The van der Waals surface area contributed by atoms with Crippen LogP contribution in [-0.4, -0.2) is 24.2 Å². The minimum atomic E-state index is 0.410. The third-order valence-corrected chi connectivity index (χ3v) is 2.73. The normalized spacial score (nSPS) is 10.7. The van der Waals surface area contributed by atoms with Gasteiger partial charge in [-0.25, -0.2) is 9.97 Å². The van der Waals surface area contributed by atoms with E-state index in [4.69, 9.17) is 21.1 Å². The van der Waals surface area contributed by atoms with Gasteiger partial charge in [-0.05, 0) is 17.7 Å². The van der Waals surface area contributed by atoms with Gasteiger partial charge < -0.3 is 9.47 Å². The number of nitrogens with zero attached hydrogens (tertiary/aromatic N) is 2. The molecule has 2 rings (SSSR count). The lowest BCUT2D eigenvalue weighted by Crippen LogP contribution is -1.98. The van der Waals surface area contributed by atoms with Crippen LogP contribution in [0.5, 0.6) is 0 Å². The van der Waals surface area contributed by atoms with E-state index in [0.29, 0.717) is 24.2 Å². The first-order valence-corrected chi connectivity index (χ1v) is 6.21. The van der Waals surface area contributed by atoms with Crippen molar-refractivity contribution in [3.8, 4) is 11.4 Å². The molecule has 2 aromatic rings. The Labute approximate surface area is 117 Å². The lowest BCUT2D eigenvalue weighted by atomic mass is 10.1. The Balaban J connectivity index is 2.37. The van der Waals surface area contributed by atoms with Gasteiger partial charge in [-0.15, -0.1) is 0 Å². The van der Waals surface area contributed by atoms with Crippen molar-refractivity contribution in [3.05, 3.63) is 46.7 Å². The smallest absolute Gasteiger partial charge is 0.161 e. The Kier molecular flexibility index (Phi) is 4.85. The molecule has 0 saturated heterocycles. The van der Waals surface area contributed by atoms with Crippen molar-refractivity contribution in [3.63, 3.8) is 0 Å². The second-order valence-electron chi connectivity index (χ2n) is 4.07. The molecule has 0 bridgehead atoms. The zero-order chi connectivity index (χ0) is 13.7. The average molecular weight is 279 g/mol. The van der Waals surface area contributed by atoms with Crippen LogP contribution in [-0.2, 0) is 22.7 Å². The summed E-state index contributed by atoms with van der Waals surface area (Å²) in [6.45, 7) is 0.965. The number of methoxy groups -OCH3 is 2. The zero-order valence-electron chi connectivity index (χ0n) is 10.9. The third-order valence-electron chi connectivity index (χ3n) is 2.54. The molecule has 0 radical (unpaired) electrons. The van der Waals surface area contributed by atoms with Gasteiger partial charge in [-0.1, -0.05) is 29.8 Å². The number of hydrogen-bond acceptors (Lipinski definition) is 4. The number of hydrogen-bond donors (Lipinski definition) is 0. The van der Waals surface area contributed by atoms with Crippen LogP contribution in [0.4, 0.5) is 0 Å². The van der Waals surface area contributed by atoms with Crippen LogP contribution >= 0.6 is 11.6 Å². The molecule has 100 valence electrons. The molecule has 0 aliphatic heterocycles. The fraction of sp³-hybridized carbons (Fsp3) is 0.286. The first kappa shape index (κ1) is 13.9. The highest BCUT2D eigenvalue weighted by atomic mass is 35.5. The van der Waals surface area contributed by atoms with Crippen LogP contribution < -0.4 is 0 Å². The summed E-state index contributed by atoms with van der Waals surface area (Å²) in [5.41, 5.74) is 2.74. The Hall–Kier alpha value is -1.49. The number of halogens is 1. The van der Waals surface area contributed by atoms with E-state index in [0.717, 1.165) is 16.8 Å². The standard InChI is InChI=1S/C14H15ClN2O2/c1-18-8-10-4-3-5-11(6-10)14-16-12(9-19-2)7-13(15)17-14/h3-7H,8-9H2,1-2H3. The maximum atomic E-state index is 6.01. The van der Waals surface area contributed by atoms with E-state index in [-0.39, 0.29) is 0 Å². The van der Waals surface area contributed by atoms with Crippen molar-refractivity contribution in [1.82, 2.24) is 9.97 Å². The van der Waals surface area contributed by atoms with Crippen molar-refractivity contribution >= 4 is 11.6 Å². The second-order valence-corrected chi connectivity index (χ2v) is 4.46. The summed E-state index contributed by atoms with van der Waals surface area (Å²) in [4.78, 5) is 8.68. The fourth-order valence-electron chi connectivity index (χ4n) is 1.78. The Bertz CT molecular complexity index is 561. The summed E-state index contributed by atoms with van der Waals surface area (Å²) >= 11 is 6.01. The summed E-state index contributed by atoms with van der Waals surface area (Å²) in [6, 6.07) is 9.58. The quantitative estimate of drug-likeness (QED) is 0.789. The largest absolute Gasteiger partial charge is 0.380 e. The van der Waals surface area contributed by atoms with Crippen molar-refractivity contribution in [2.24, 2.45) is 0 Å². The van der Waals surface area contributed by atoms with E-state index < -0.39 is 0 Å². The molecule has 4 nitrogen and oxygen atoms in total.